The molecule has 3 N–H and O–H groups in total. The average Bonchev–Trinajstić information content (AvgIpc) is 2.98. The molecule has 0 saturated heterocycles. The maximum absolute atomic E-state index is 12.6. The van der Waals surface area contributed by atoms with Crippen molar-refractivity contribution in [1.29, 1.82) is 0 Å². The number of carbonyl (C=O) groups excluding carboxylic acids is 1. The zero-order valence-corrected chi connectivity index (χ0v) is 24.1. The molecule has 4 rings (SSSR count). The van der Waals surface area contributed by atoms with Crippen LogP contribution in [0.4, 0.5) is 5.82 Å². The minimum atomic E-state index is -1.04. The number of halogens is 1. The highest BCUT2D eigenvalue weighted by Gasteiger charge is 2.21. The molecule has 218 valence electrons. The standard InChI is InChI=1S/C32H39ClN4O4/c33-26-14-11-24(12-15-26)23-30(38)36-29(32(39)40)17-20-37(21-22-41-28-9-2-1-3-10-28)19-5-4-8-27-16-13-25-7-6-18-34-31(25)35-27/h1-3,9-16,29H,4-8,17-23H2,(H,34,35)(H,36,38)(H,39,40). The number of aliphatic carboxylic acids is 1. The summed E-state index contributed by atoms with van der Waals surface area (Å²) >= 11 is 5.92. The number of carboxylic acids is 1. The monoisotopic (exact) mass is 578 g/mol. The Morgan fingerprint density at radius 1 is 1.02 bits per heavy atom. The number of unbranched alkanes of at least 4 members (excludes halogenated alkanes) is 1. The first kappa shape index (κ1) is 30.3. The molecule has 0 spiro atoms. The second-order valence-electron chi connectivity index (χ2n) is 10.4. The van der Waals surface area contributed by atoms with E-state index in [1.807, 2.05) is 30.3 Å². The molecule has 1 aliphatic heterocycles. The molecule has 0 bridgehead atoms. The third-order valence-corrected chi connectivity index (χ3v) is 7.43. The van der Waals surface area contributed by atoms with E-state index in [1.165, 1.54) is 5.56 Å². The minimum absolute atomic E-state index is 0.0990. The number of nitrogens with zero attached hydrogens (tertiary/aromatic N) is 2. The molecule has 1 aromatic heterocycles. The maximum Gasteiger partial charge on any atom is 0.326 e. The highest BCUT2D eigenvalue weighted by molar-refractivity contribution is 6.30. The summed E-state index contributed by atoms with van der Waals surface area (Å²) in [4.78, 5) is 31.6. The highest BCUT2D eigenvalue weighted by atomic mass is 35.5. The molecule has 9 heteroatoms. The van der Waals surface area contributed by atoms with Gasteiger partial charge in [0.15, 0.2) is 0 Å². The number of aromatic nitrogens is 1. The van der Waals surface area contributed by atoms with Gasteiger partial charge in [-0.2, -0.15) is 0 Å². The molecule has 1 amide bonds. The smallest absolute Gasteiger partial charge is 0.326 e. The summed E-state index contributed by atoms with van der Waals surface area (Å²) in [6.45, 7) is 3.44. The summed E-state index contributed by atoms with van der Waals surface area (Å²) in [7, 11) is 0. The summed E-state index contributed by atoms with van der Waals surface area (Å²) < 4.78 is 5.90. The van der Waals surface area contributed by atoms with Crippen LogP contribution in [0.15, 0.2) is 66.7 Å². The number of carbonyl (C=O) groups is 2. The Kier molecular flexibility index (Phi) is 11.8. The van der Waals surface area contributed by atoms with Crippen LogP contribution in [0, 0.1) is 0 Å². The number of aryl methyl sites for hydroxylation is 2. The second-order valence-corrected chi connectivity index (χ2v) is 10.8. The third kappa shape index (κ3) is 10.4. The van der Waals surface area contributed by atoms with E-state index >= 15 is 0 Å². The van der Waals surface area contributed by atoms with E-state index < -0.39 is 12.0 Å². The van der Waals surface area contributed by atoms with Gasteiger partial charge >= 0.3 is 5.97 Å². The summed E-state index contributed by atoms with van der Waals surface area (Å²) in [6.07, 6.45) is 5.43. The molecule has 0 saturated carbocycles. The van der Waals surface area contributed by atoms with Crippen molar-refractivity contribution in [2.75, 3.05) is 38.1 Å². The number of hydrogen-bond acceptors (Lipinski definition) is 6. The van der Waals surface area contributed by atoms with Gasteiger partial charge in [0.2, 0.25) is 5.91 Å². The van der Waals surface area contributed by atoms with Gasteiger partial charge in [-0.05, 0) is 86.5 Å². The van der Waals surface area contributed by atoms with Crippen LogP contribution >= 0.6 is 11.6 Å². The van der Waals surface area contributed by atoms with Crippen molar-refractivity contribution < 1.29 is 19.4 Å². The first-order valence-corrected chi connectivity index (χ1v) is 14.7. The molecule has 41 heavy (non-hydrogen) atoms. The minimum Gasteiger partial charge on any atom is -0.492 e. The molecule has 1 aliphatic rings. The first-order chi connectivity index (χ1) is 20.0. The Labute approximate surface area is 247 Å². The van der Waals surface area contributed by atoms with Crippen molar-refractivity contribution in [3.8, 4) is 5.75 Å². The van der Waals surface area contributed by atoms with Gasteiger partial charge < -0.3 is 20.5 Å². The lowest BCUT2D eigenvalue weighted by Gasteiger charge is -2.24. The zero-order valence-electron chi connectivity index (χ0n) is 23.4. The molecular formula is C32H39ClN4O4. The predicted molar refractivity (Wildman–Crippen MR) is 162 cm³/mol. The van der Waals surface area contributed by atoms with Gasteiger partial charge in [0.1, 0.15) is 24.2 Å². The lowest BCUT2D eigenvalue weighted by molar-refractivity contribution is -0.142. The van der Waals surface area contributed by atoms with Gasteiger partial charge in [0.05, 0.1) is 6.42 Å². The SMILES string of the molecule is O=C(Cc1ccc(Cl)cc1)NC(CCN(CCCCc1ccc2c(n1)NCCC2)CCOc1ccccc1)C(=O)O. The van der Waals surface area contributed by atoms with Crippen LogP contribution in [0.3, 0.4) is 0 Å². The van der Waals surface area contributed by atoms with Crippen LogP contribution in [-0.2, 0) is 28.9 Å². The zero-order chi connectivity index (χ0) is 28.9. The van der Waals surface area contributed by atoms with E-state index in [9.17, 15) is 14.7 Å². The van der Waals surface area contributed by atoms with Crippen LogP contribution in [0.5, 0.6) is 5.75 Å². The van der Waals surface area contributed by atoms with E-state index in [1.54, 1.807) is 24.3 Å². The van der Waals surface area contributed by atoms with Gasteiger partial charge in [-0.3, -0.25) is 9.69 Å². The predicted octanol–water partition coefficient (Wildman–Crippen LogP) is 5.00. The van der Waals surface area contributed by atoms with E-state index in [-0.39, 0.29) is 12.3 Å². The average molecular weight is 579 g/mol. The van der Waals surface area contributed by atoms with Crippen molar-refractivity contribution in [3.05, 3.63) is 88.6 Å². The quantitative estimate of drug-likeness (QED) is 0.206. The molecule has 8 nitrogen and oxygen atoms in total. The number of para-hydroxylation sites is 1. The highest BCUT2D eigenvalue weighted by Crippen LogP contribution is 2.20. The van der Waals surface area contributed by atoms with Crippen LogP contribution in [0.25, 0.3) is 0 Å². The number of anilines is 1. The molecule has 3 aromatic rings. The molecule has 2 heterocycles. The fourth-order valence-electron chi connectivity index (χ4n) is 4.90. The van der Waals surface area contributed by atoms with Crippen molar-refractivity contribution in [2.45, 2.75) is 51.0 Å². The molecule has 0 fully saturated rings. The Bertz CT molecular complexity index is 1260. The Hall–Kier alpha value is -3.62. The maximum atomic E-state index is 12.6. The van der Waals surface area contributed by atoms with Crippen LogP contribution in [0.1, 0.15) is 42.5 Å². The van der Waals surface area contributed by atoms with Crippen molar-refractivity contribution in [3.63, 3.8) is 0 Å². The van der Waals surface area contributed by atoms with E-state index in [2.05, 4.69) is 27.7 Å². The lowest BCUT2D eigenvalue weighted by Crippen LogP contribution is -2.44. The topological polar surface area (TPSA) is 104 Å². The summed E-state index contributed by atoms with van der Waals surface area (Å²) in [5.41, 5.74) is 3.16. The van der Waals surface area contributed by atoms with Gasteiger partial charge in [-0.15, -0.1) is 0 Å². The fraction of sp³-hybridized carbons (Fsp3) is 0.406. The molecular weight excluding hydrogens is 540 g/mol. The van der Waals surface area contributed by atoms with Crippen molar-refractivity contribution >= 4 is 29.3 Å². The van der Waals surface area contributed by atoms with Gasteiger partial charge in [0.25, 0.3) is 0 Å². The summed E-state index contributed by atoms with van der Waals surface area (Å²) in [6, 6.07) is 19.9. The number of rotatable bonds is 16. The first-order valence-electron chi connectivity index (χ1n) is 14.4. The molecule has 1 atom stereocenters. The number of ether oxygens (including phenoxy) is 1. The van der Waals surface area contributed by atoms with E-state index in [0.717, 1.165) is 68.0 Å². The van der Waals surface area contributed by atoms with Gasteiger partial charge in [-0.25, -0.2) is 9.78 Å². The van der Waals surface area contributed by atoms with Crippen LogP contribution in [-0.4, -0.2) is 65.7 Å². The number of carboxylic acid groups (broad SMARTS) is 1. The summed E-state index contributed by atoms with van der Waals surface area (Å²) in [5.74, 6) is 0.455. The summed E-state index contributed by atoms with van der Waals surface area (Å²) in [5, 5.41) is 16.5. The normalized spacial score (nSPS) is 13.2. The number of fused-ring (bicyclic) bond motifs is 1. The Morgan fingerprint density at radius 3 is 2.61 bits per heavy atom. The number of amides is 1. The Balaban J connectivity index is 1.28. The number of hydrogen-bond donors (Lipinski definition) is 3. The van der Waals surface area contributed by atoms with Crippen LogP contribution < -0.4 is 15.4 Å². The third-order valence-electron chi connectivity index (χ3n) is 7.17. The lowest BCUT2D eigenvalue weighted by atomic mass is 10.1. The molecule has 2 aromatic carbocycles. The van der Waals surface area contributed by atoms with E-state index in [0.29, 0.717) is 31.1 Å². The van der Waals surface area contributed by atoms with Gasteiger partial charge in [0, 0.05) is 30.4 Å². The fourth-order valence-corrected chi connectivity index (χ4v) is 5.02. The molecule has 1 unspecified atom stereocenters. The number of nitrogens with one attached hydrogen (secondary N) is 2. The second kappa shape index (κ2) is 16.0. The van der Waals surface area contributed by atoms with Crippen LogP contribution in [0.2, 0.25) is 5.02 Å². The van der Waals surface area contributed by atoms with Crippen molar-refractivity contribution in [2.24, 2.45) is 0 Å². The van der Waals surface area contributed by atoms with Crippen molar-refractivity contribution in [1.82, 2.24) is 15.2 Å². The largest absolute Gasteiger partial charge is 0.492 e. The molecule has 0 aliphatic carbocycles. The van der Waals surface area contributed by atoms with E-state index in [4.69, 9.17) is 21.3 Å². The number of pyridine rings is 1. The molecule has 0 radical (unpaired) electrons. The number of benzene rings is 2. The Morgan fingerprint density at radius 2 is 1.83 bits per heavy atom. The van der Waals surface area contributed by atoms with Gasteiger partial charge in [-0.1, -0.05) is 48.0 Å².